The molecule has 5 rings (SSSR count). The SMILES string of the molecule is CN1CCN(CCNc2ncnc3ccc(-c4cccnc4-c4cc(Cl)ccc4F)cc23)CC1. The molecule has 2 aromatic heterocycles. The molecule has 1 saturated heterocycles. The second kappa shape index (κ2) is 10.0. The minimum absolute atomic E-state index is 0.361. The van der Waals surface area contributed by atoms with E-state index in [1.165, 1.54) is 12.1 Å². The number of rotatable bonds is 6. The van der Waals surface area contributed by atoms with Gasteiger partial charge in [0.15, 0.2) is 0 Å². The topological polar surface area (TPSA) is 57.2 Å². The molecule has 1 fully saturated rings. The molecular formula is C26H26ClFN6. The zero-order valence-electron chi connectivity index (χ0n) is 19.0. The molecule has 0 atom stereocenters. The Bertz CT molecular complexity index is 1310. The van der Waals surface area contributed by atoms with Crippen LogP contribution in [0.25, 0.3) is 33.3 Å². The van der Waals surface area contributed by atoms with Crippen molar-refractivity contribution in [2.75, 3.05) is 51.6 Å². The number of aromatic nitrogens is 3. The lowest BCUT2D eigenvalue weighted by Gasteiger charge is -2.32. The van der Waals surface area contributed by atoms with Gasteiger partial charge in [0.05, 0.1) is 11.2 Å². The highest BCUT2D eigenvalue weighted by Crippen LogP contribution is 2.35. The first kappa shape index (κ1) is 22.7. The molecule has 0 bridgehead atoms. The maximum Gasteiger partial charge on any atom is 0.137 e. The van der Waals surface area contributed by atoms with Crippen LogP contribution in [0, 0.1) is 5.82 Å². The summed E-state index contributed by atoms with van der Waals surface area (Å²) in [7, 11) is 2.16. The van der Waals surface area contributed by atoms with Crippen LogP contribution in [0.2, 0.25) is 5.02 Å². The highest BCUT2D eigenvalue weighted by atomic mass is 35.5. The monoisotopic (exact) mass is 476 g/mol. The number of nitrogens with zero attached hydrogens (tertiary/aromatic N) is 5. The quantitative estimate of drug-likeness (QED) is 0.431. The molecule has 34 heavy (non-hydrogen) atoms. The van der Waals surface area contributed by atoms with E-state index < -0.39 is 0 Å². The normalized spacial score (nSPS) is 15.0. The predicted molar refractivity (Wildman–Crippen MR) is 136 cm³/mol. The van der Waals surface area contributed by atoms with E-state index in [0.29, 0.717) is 16.3 Å². The van der Waals surface area contributed by atoms with Gasteiger partial charge in [-0.1, -0.05) is 23.7 Å². The maximum atomic E-state index is 14.6. The lowest BCUT2D eigenvalue weighted by Crippen LogP contribution is -2.45. The summed E-state index contributed by atoms with van der Waals surface area (Å²) in [4.78, 5) is 18.2. The van der Waals surface area contributed by atoms with E-state index in [0.717, 1.165) is 67.1 Å². The Kier molecular flexibility index (Phi) is 6.67. The molecule has 8 heteroatoms. The Balaban J connectivity index is 1.44. The number of hydrogen-bond donors (Lipinski definition) is 1. The first-order valence-corrected chi connectivity index (χ1v) is 11.8. The summed E-state index contributed by atoms with van der Waals surface area (Å²) in [6, 6.07) is 14.3. The summed E-state index contributed by atoms with van der Waals surface area (Å²) in [5, 5.41) is 4.87. The highest BCUT2D eigenvalue weighted by molar-refractivity contribution is 6.30. The number of halogens is 2. The second-order valence-electron chi connectivity index (χ2n) is 8.55. The van der Waals surface area contributed by atoms with Gasteiger partial charge in [0.2, 0.25) is 0 Å². The van der Waals surface area contributed by atoms with E-state index in [1.807, 2.05) is 30.3 Å². The standard InChI is InChI=1S/C26H26ClFN6/c1-33-11-13-34(14-12-33)10-9-30-26-22-15-18(4-7-24(22)31-17-32-26)20-3-2-8-29-25(20)21-16-19(27)5-6-23(21)28/h2-8,15-17H,9-14H2,1H3,(H,30,31,32). The Morgan fingerprint density at radius 3 is 2.68 bits per heavy atom. The van der Waals surface area contributed by atoms with E-state index >= 15 is 0 Å². The van der Waals surface area contributed by atoms with Crippen molar-refractivity contribution >= 4 is 28.3 Å². The number of nitrogens with one attached hydrogen (secondary N) is 1. The van der Waals surface area contributed by atoms with Crippen LogP contribution < -0.4 is 5.32 Å². The molecular weight excluding hydrogens is 451 g/mol. The summed E-state index contributed by atoms with van der Waals surface area (Å²) in [6.45, 7) is 6.11. The van der Waals surface area contributed by atoms with Crippen molar-refractivity contribution in [3.05, 3.63) is 71.9 Å². The molecule has 0 radical (unpaired) electrons. The fourth-order valence-electron chi connectivity index (χ4n) is 4.30. The van der Waals surface area contributed by atoms with Gasteiger partial charge in [-0.25, -0.2) is 14.4 Å². The Morgan fingerprint density at radius 2 is 1.82 bits per heavy atom. The summed E-state index contributed by atoms with van der Waals surface area (Å²) in [5.41, 5.74) is 3.49. The number of hydrogen-bond acceptors (Lipinski definition) is 6. The Labute approximate surface area is 203 Å². The van der Waals surface area contributed by atoms with E-state index in [9.17, 15) is 4.39 Å². The van der Waals surface area contributed by atoms with Crippen LogP contribution in [0.5, 0.6) is 0 Å². The van der Waals surface area contributed by atoms with Crippen LogP contribution in [-0.4, -0.2) is 71.1 Å². The van der Waals surface area contributed by atoms with Gasteiger partial charge >= 0.3 is 0 Å². The largest absolute Gasteiger partial charge is 0.368 e. The number of piperazine rings is 1. The molecule has 6 nitrogen and oxygen atoms in total. The van der Waals surface area contributed by atoms with Crippen LogP contribution in [-0.2, 0) is 0 Å². The minimum Gasteiger partial charge on any atom is -0.368 e. The van der Waals surface area contributed by atoms with Gasteiger partial charge in [0.25, 0.3) is 0 Å². The molecule has 0 aliphatic carbocycles. The van der Waals surface area contributed by atoms with Crippen molar-refractivity contribution in [3.8, 4) is 22.4 Å². The average Bonchev–Trinajstić information content (AvgIpc) is 2.86. The first-order valence-electron chi connectivity index (χ1n) is 11.4. The number of pyridine rings is 1. The Hall–Kier alpha value is -3.13. The molecule has 0 unspecified atom stereocenters. The van der Waals surface area contributed by atoms with Crippen LogP contribution >= 0.6 is 11.6 Å². The third-order valence-electron chi connectivity index (χ3n) is 6.25. The zero-order valence-corrected chi connectivity index (χ0v) is 19.8. The minimum atomic E-state index is -0.361. The number of anilines is 1. The van der Waals surface area contributed by atoms with Gasteiger partial charge < -0.3 is 10.2 Å². The smallest absolute Gasteiger partial charge is 0.137 e. The molecule has 1 aliphatic rings. The number of likely N-dealkylation sites (N-methyl/N-ethyl adjacent to an activating group) is 1. The molecule has 1 aliphatic heterocycles. The molecule has 4 aromatic rings. The summed E-state index contributed by atoms with van der Waals surface area (Å²) in [6.07, 6.45) is 3.24. The van der Waals surface area contributed by atoms with Crippen LogP contribution in [0.4, 0.5) is 10.2 Å². The maximum absolute atomic E-state index is 14.6. The molecule has 0 spiro atoms. The van der Waals surface area contributed by atoms with Crippen molar-refractivity contribution in [2.45, 2.75) is 0 Å². The van der Waals surface area contributed by atoms with Crippen molar-refractivity contribution in [3.63, 3.8) is 0 Å². The van der Waals surface area contributed by atoms with E-state index in [2.05, 4.69) is 37.1 Å². The van der Waals surface area contributed by atoms with Crippen LogP contribution in [0.1, 0.15) is 0 Å². The Morgan fingerprint density at radius 1 is 0.971 bits per heavy atom. The lowest BCUT2D eigenvalue weighted by molar-refractivity contribution is 0.158. The third-order valence-corrected chi connectivity index (χ3v) is 6.49. The van der Waals surface area contributed by atoms with E-state index in [4.69, 9.17) is 11.6 Å². The molecule has 174 valence electrons. The average molecular weight is 477 g/mol. The molecule has 2 aromatic carbocycles. The molecule has 3 heterocycles. The fourth-order valence-corrected chi connectivity index (χ4v) is 4.47. The van der Waals surface area contributed by atoms with Crippen molar-refractivity contribution in [1.29, 1.82) is 0 Å². The fraction of sp³-hybridized carbons (Fsp3) is 0.269. The van der Waals surface area contributed by atoms with Gasteiger partial charge in [-0.05, 0) is 49.0 Å². The first-order chi connectivity index (χ1) is 16.6. The zero-order chi connectivity index (χ0) is 23.5. The summed E-state index contributed by atoms with van der Waals surface area (Å²) >= 11 is 6.15. The second-order valence-corrected chi connectivity index (χ2v) is 8.99. The van der Waals surface area contributed by atoms with Crippen LogP contribution in [0.3, 0.4) is 0 Å². The van der Waals surface area contributed by atoms with Gasteiger partial charge in [-0.15, -0.1) is 0 Å². The van der Waals surface area contributed by atoms with Crippen molar-refractivity contribution < 1.29 is 4.39 Å². The molecule has 1 N–H and O–H groups in total. The summed E-state index contributed by atoms with van der Waals surface area (Å²) < 4.78 is 14.6. The van der Waals surface area contributed by atoms with Crippen LogP contribution in [0.15, 0.2) is 61.1 Å². The summed E-state index contributed by atoms with van der Waals surface area (Å²) in [5.74, 6) is 0.431. The van der Waals surface area contributed by atoms with Crippen molar-refractivity contribution in [2.24, 2.45) is 0 Å². The van der Waals surface area contributed by atoms with E-state index in [1.54, 1.807) is 18.6 Å². The number of fused-ring (bicyclic) bond motifs is 1. The van der Waals surface area contributed by atoms with Gasteiger partial charge in [-0.3, -0.25) is 9.88 Å². The van der Waals surface area contributed by atoms with E-state index in [-0.39, 0.29) is 5.82 Å². The molecule has 0 amide bonds. The highest BCUT2D eigenvalue weighted by Gasteiger charge is 2.16. The van der Waals surface area contributed by atoms with Gasteiger partial charge in [-0.2, -0.15) is 0 Å². The predicted octanol–water partition coefficient (Wildman–Crippen LogP) is 4.81. The third kappa shape index (κ3) is 4.87. The van der Waals surface area contributed by atoms with Gasteiger partial charge in [0, 0.05) is 67.0 Å². The lowest BCUT2D eigenvalue weighted by atomic mass is 9.98. The van der Waals surface area contributed by atoms with Gasteiger partial charge in [0.1, 0.15) is 18.0 Å². The number of benzene rings is 2. The van der Waals surface area contributed by atoms with Crippen molar-refractivity contribution in [1.82, 2.24) is 24.8 Å². The molecule has 0 saturated carbocycles.